The van der Waals surface area contributed by atoms with Gasteiger partial charge in [0.1, 0.15) is 5.76 Å². The number of hydrogen-bond acceptors (Lipinski definition) is 1. The molecule has 166 valence electrons. The fraction of sp³-hybridized carbons (Fsp3) is 0.467. The van der Waals surface area contributed by atoms with Crippen molar-refractivity contribution in [3.8, 4) is 0 Å². The minimum absolute atomic E-state index is 0.0405. The van der Waals surface area contributed by atoms with Crippen molar-refractivity contribution in [1.29, 1.82) is 0 Å². The minimum atomic E-state index is -0.0405. The van der Waals surface area contributed by atoms with Crippen LogP contribution < -0.4 is 4.90 Å². The summed E-state index contributed by atoms with van der Waals surface area (Å²) in [6, 6.07) is 22.3. The van der Waals surface area contributed by atoms with E-state index in [9.17, 15) is 0 Å². The van der Waals surface area contributed by atoms with Gasteiger partial charge in [0.25, 0.3) is 0 Å². The maximum atomic E-state index is 7.38. The number of quaternary nitrogens is 1. The van der Waals surface area contributed by atoms with Crippen LogP contribution in [0.4, 0.5) is 0 Å². The molecule has 6 rings (SSSR count). The van der Waals surface area contributed by atoms with Crippen molar-refractivity contribution in [2.75, 3.05) is 13.1 Å². The number of benzene rings is 2. The van der Waals surface area contributed by atoms with E-state index in [0.29, 0.717) is 11.8 Å². The van der Waals surface area contributed by atoms with E-state index in [1.165, 1.54) is 86.9 Å². The quantitative estimate of drug-likeness (QED) is 0.646. The van der Waals surface area contributed by atoms with Crippen LogP contribution in [0.25, 0.3) is 6.08 Å². The molecule has 4 aliphatic rings. The largest absolute Gasteiger partial charge is 0.440 e. The standard InChI is InChI=1S/C30H35NO/c1-3-12-23(13-4-1)22-25-16-11-17-26-28(24-14-5-2-6-15-24)27-18-7-8-19-30(27,32-29(25)26)31-20-9-10-21-31/h1-6,12-15,22,27-28H,7-11,16-21H2/p+1/b25-22+/t27-,28-,30+/m0/s1. The van der Waals surface area contributed by atoms with Gasteiger partial charge in [0, 0.05) is 25.2 Å². The van der Waals surface area contributed by atoms with Crippen LogP contribution in [-0.2, 0) is 4.74 Å². The lowest BCUT2D eigenvalue weighted by Crippen LogP contribution is -3.20. The van der Waals surface area contributed by atoms with E-state index in [4.69, 9.17) is 4.74 Å². The van der Waals surface area contributed by atoms with Gasteiger partial charge in [0.2, 0.25) is 5.72 Å². The molecule has 2 heteroatoms. The summed E-state index contributed by atoms with van der Waals surface area (Å²) >= 11 is 0. The number of nitrogens with one attached hydrogen (secondary N) is 1. The molecule has 0 radical (unpaired) electrons. The Morgan fingerprint density at radius 1 is 0.812 bits per heavy atom. The van der Waals surface area contributed by atoms with Crippen molar-refractivity contribution >= 4 is 6.08 Å². The molecule has 0 unspecified atom stereocenters. The predicted molar refractivity (Wildman–Crippen MR) is 130 cm³/mol. The lowest BCUT2D eigenvalue weighted by molar-refractivity contribution is -0.975. The molecule has 2 aliphatic heterocycles. The number of likely N-dealkylation sites (tertiary alicyclic amines) is 1. The van der Waals surface area contributed by atoms with Gasteiger partial charge in [0.05, 0.1) is 19.0 Å². The molecule has 1 saturated heterocycles. The fourth-order valence-corrected chi connectivity index (χ4v) is 7.21. The van der Waals surface area contributed by atoms with Crippen LogP contribution >= 0.6 is 0 Å². The normalized spacial score (nSPS) is 31.8. The first-order valence-corrected chi connectivity index (χ1v) is 12.9. The summed E-state index contributed by atoms with van der Waals surface area (Å²) in [6.45, 7) is 2.55. The van der Waals surface area contributed by atoms with E-state index in [-0.39, 0.29) is 5.72 Å². The van der Waals surface area contributed by atoms with Crippen LogP contribution in [0.2, 0.25) is 0 Å². The SMILES string of the molecule is C(=C1/CCCC2=C1O[C@]1([NH+]3CCCC3)CCCC[C@H]1[C@H]2c1ccccc1)/c1ccccc1. The highest BCUT2D eigenvalue weighted by Crippen LogP contribution is 2.54. The van der Waals surface area contributed by atoms with Crippen molar-refractivity contribution in [3.63, 3.8) is 0 Å². The second-order valence-electron chi connectivity index (χ2n) is 10.3. The summed E-state index contributed by atoms with van der Waals surface area (Å²) in [5.41, 5.74) is 5.79. The first kappa shape index (κ1) is 20.3. The zero-order chi connectivity index (χ0) is 21.4. The molecule has 2 nitrogen and oxygen atoms in total. The Morgan fingerprint density at radius 3 is 2.34 bits per heavy atom. The monoisotopic (exact) mass is 426 g/mol. The average Bonchev–Trinajstić information content (AvgIpc) is 3.40. The third-order valence-corrected chi connectivity index (χ3v) is 8.55. The molecule has 2 fully saturated rings. The Kier molecular flexibility index (Phi) is 5.43. The highest BCUT2D eigenvalue weighted by Gasteiger charge is 2.59. The van der Waals surface area contributed by atoms with Crippen LogP contribution in [0.15, 0.2) is 77.6 Å². The average molecular weight is 427 g/mol. The highest BCUT2D eigenvalue weighted by atomic mass is 16.5. The summed E-state index contributed by atoms with van der Waals surface area (Å²) in [5, 5.41) is 0. The molecule has 0 aromatic heterocycles. The van der Waals surface area contributed by atoms with Crippen molar-refractivity contribution in [2.45, 2.75) is 69.4 Å². The summed E-state index contributed by atoms with van der Waals surface area (Å²) in [4.78, 5) is 1.74. The van der Waals surface area contributed by atoms with E-state index < -0.39 is 0 Å². The summed E-state index contributed by atoms with van der Waals surface area (Å²) in [7, 11) is 0. The molecule has 0 bridgehead atoms. The van der Waals surface area contributed by atoms with Crippen LogP contribution in [0.3, 0.4) is 0 Å². The van der Waals surface area contributed by atoms with Crippen molar-refractivity contribution in [3.05, 3.63) is 88.7 Å². The van der Waals surface area contributed by atoms with Gasteiger partial charge in [0.15, 0.2) is 0 Å². The molecule has 2 aromatic carbocycles. The van der Waals surface area contributed by atoms with Gasteiger partial charge in [-0.3, -0.25) is 4.90 Å². The maximum Gasteiger partial charge on any atom is 0.245 e. The molecule has 2 aliphatic carbocycles. The van der Waals surface area contributed by atoms with Crippen molar-refractivity contribution in [1.82, 2.24) is 0 Å². The molecular weight excluding hydrogens is 390 g/mol. The Bertz CT molecular complexity index is 1000. The van der Waals surface area contributed by atoms with E-state index in [1.807, 2.05) is 0 Å². The first-order chi connectivity index (χ1) is 15.9. The Hall–Kier alpha value is -2.32. The van der Waals surface area contributed by atoms with Crippen molar-refractivity contribution < 1.29 is 9.64 Å². The zero-order valence-electron chi connectivity index (χ0n) is 19.2. The van der Waals surface area contributed by atoms with Gasteiger partial charge in [-0.1, -0.05) is 67.1 Å². The Morgan fingerprint density at radius 2 is 1.56 bits per heavy atom. The summed E-state index contributed by atoms with van der Waals surface area (Å²) in [5.74, 6) is 2.38. The van der Waals surface area contributed by atoms with Gasteiger partial charge in [-0.2, -0.15) is 0 Å². The molecule has 2 aromatic rings. The molecule has 2 heterocycles. The van der Waals surface area contributed by atoms with Gasteiger partial charge in [-0.15, -0.1) is 0 Å². The number of ether oxygens (including phenoxy) is 1. The van der Waals surface area contributed by atoms with Crippen LogP contribution in [0, 0.1) is 5.92 Å². The van der Waals surface area contributed by atoms with E-state index in [0.717, 1.165) is 6.42 Å². The third-order valence-electron chi connectivity index (χ3n) is 8.55. The second-order valence-corrected chi connectivity index (χ2v) is 10.3. The lowest BCUT2D eigenvalue weighted by Gasteiger charge is -2.54. The maximum absolute atomic E-state index is 7.38. The molecule has 32 heavy (non-hydrogen) atoms. The summed E-state index contributed by atoms with van der Waals surface area (Å²) in [6.07, 6.45) is 13.8. The van der Waals surface area contributed by atoms with E-state index >= 15 is 0 Å². The van der Waals surface area contributed by atoms with Gasteiger partial charge >= 0.3 is 0 Å². The molecule has 0 amide bonds. The molecule has 0 spiro atoms. The molecule has 1 saturated carbocycles. The minimum Gasteiger partial charge on any atom is -0.440 e. The smallest absolute Gasteiger partial charge is 0.245 e. The Labute approximate surface area is 193 Å². The number of fused-ring (bicyclic) bond motifs is 1. The highest BCUT2D eigenvalue weighted by molar-refractivity contribution is 5.60. The van der Waals surface area contributed by atoms with Crippen molar-refractivity contribution in [2.24, 2.45) is 5.92 Å². The number of rotatable bonds is 3. The number of allylic oxidation sites excluding steroid dienone is 2. The fourth-order valence-electron chi connectivity index (χ4n) is 7.21. The van der Waals surface area contributed by atoms with Gasteiger partial charge < -0.3 is 4.74 Å². The van der Waals surface area contributed by atoms with Crippen LogP contribution in [0.5, 0.6) is 0 Å². The Balaban J connectivity index is 1.52. The molecular formula is C30H36NO+. The molecule has 3 atom stereocenters. The third kappa shape index (κ3) is 3.44. The summed E-state index contributed by atoms with van der Waals surface area (Å²) < 4.78 is 7.38. The zero-order valence-corrected chi connectivity index (χ0v) is 19.2. The van der Waals surface area contributed by atoms with Gasteiger partial charge in [-0.25, -0.2) is 0 Å². The van der Waals surface area contributed by atoms with Crippen LogP contribution in [0.1, 0.15) is 74.8 Å². The predicted octanol–water partition coefficient (Wildman–Crippen LogP) is 5.89. The first-order valence-electron chi connectivity index (χ1n) is 12.9. The van der Waals surface area contributed by atoms with E-state index in [1.54, 1.807) is 10.5 Å². The lowest BCUT2D eigenvalue weighted by atomic mass is 9.64. The van der Waals surface area contributed by atoms with Gasteiger partial charge in [-0.05, 0) is 60.5 Å². The topological polar surface area (TPSA) is 13.7 Å². The molecule has 1 N–H and O–H groups in total. The van der Waals surface area contributed by atoms with E-state index in [2.05, 4.69) is 66.7 Å². The number of hydrogen-bond donors (Lipinski definition) is 1. The van der Waals surface area contributed by atoms with Crippen LogP contribution in [-0.4, -0.2) is 18.8 Å². The second kappa shape index (κ2) is 8.56.